The smallest absolute Gasteiger partial charge is 0.213 e. The van der Waals surface area contributed by atoms with Crippen molar-refractivity contribution in [3.8, 4) is 11.5 Å². The summed E-state index contributed by atoms with van der Waals surface area (Å²) in [5.41, 5.74) is 0.967. The van der Waals surface area contributed by atoms with Crippen LogP contribution in [0, 0.1) is 0 Å². The second-order valence-corrected chi connectivity index (χ2v) is 5.62. The van der Waals surface area contributed by atoms with Crippen LogP contribution in [0.15, 0.2) is 73.3 Å². The number of rotatable bonds is 5. The number of para-hydroxylation sites is 1. The molecular weight excluding hydrogens is 304 g/mol. The van der Waals surface area contributed by atoms with Gasteiger partial charge in [0, 0.05) is 18.0 Å². The van der Waals surface area contributed by atoms with E-state index < -0.39 is 5.79 Å². The molecule has 4 rings (SSSR count). The molecule has 0 amide bonds. The topological polar surface area (TPSA) is 45.5 Å². The summed E-state index contributed by atoms with van der Waals surface area (Å²) in [6.07, 6.45) is 5.42. The highest BCUT2D eigenvalue weighted by Crippen LogP contribution is 2.34. The zero-order chi connectivity index (χ0) is 16.2. The van der Waals surface area contributed by atoms with E-state index in [9.17, 15) is 0 Å². The summed E-state index contributed by atoms with van der Waals surface area (Å²) in [5, 5.41) is 0. The molecule has 5 heteroatoms. The minimum absolute atomic E-state index is 0.561. The van der Waals surface area contributed by atoms with Crippen LogP contribution in [-0.2, 0) is 21.8 Å². The third-order valence-electron chi connectivity index (χ3n) is 3.98. The summed E-state index contributed by atoms with van der Waals surface area (Å²) in [6.45, 7) is 1.72. The van der Waals surface area contributed by atoms with E-state index in [2.05, 4.69) is 4.98 Å². The summed E-state index contributed by atoms with van der Waals surface area (Å²) in [4.78, 5) is 4.08. The molecule has 0 spiro atoms. The zero-order valence-corrected chi connectivity index (χ0v) is 13.2. The Balaban J connectivity index is 1.56. The van der Waals surface area contributed by atoms with Crippen LogP contribution in [0.1, 0.15) is 5.56 Å². The van der Waals surface area contributed by atoms with Crippen molar-refractivity contribution in [3.63, 3.8) is 0 Å². The van der Waals surface area contributed by atoms with Crippen LogP contribution in [0.5, 0.6) is 11.5 Å². The molecule has 0 unspecified atom stereocenters. The van der Waals surface area contributed by atoms with E-state index in [1.54, 1.807) is 12.5 Å². The highest BCUT2D eigenvalue weighted by atomic mass is 16.7. The van der Waals surface area contributed by atoms with E-state index >= 15 is 0 Å². The molecule has 2 heterocycles. The van der Waals surface area contributed by atoms with Crippen molar-refractivity contribution in [2.45, 2.75) is 12.3 Å². The average Bonchev–Trinajstić information content (AvgIpc) is 3.30. The Hall–Kier alpha value is -2.63. The number of benzene rings is 2. The minimum atomic E-state index is -0.772. The molecule has 1 aromatic heterocycles. The first-order valence-corrected chi connectivity index (χ1v) is 7.91. The predicted octanol–water partition coefficient (Wildman–Crippen LogP) is 3.58. The van der Waals surface area contributed by atoms with Gasteiger partial charge >= 0.3 is 0 Å². The Morgan fingerprint density at radius 3 is 2.33 bits per heavy atom. The molecule has 1 aliphatic heterocycles. The first-order chi connectivity index (χ1) is 11.8. The van der Waals surface area contributed by atoms with Gasteiger partial charge in [-0.3, -0.25) is 0 Å². The predicted molar refractivity (Wildman–Crippen MR) is 88.8 cm³/mol. The van der Waals surface area contributed by atoms with Gasteiger partial charge in [0.1, 0.15) is 11.5 Å². The van der Waals surface area contributed by atoms with Gasteiger partial charge in [-0.15, -0.1) is 0 Å². The summed E-state index contributed by atoms with van der Waals surface area (Å²) >= 11 is 0. The van der Waals surface area contributed by atoms with Crippen molar-refractivity contribution in [2.24, 2.45) is 0 Å². The molecule has 1 aliphatic rings. The summed E-state index contributed by atoms with van der Waals surface area (Å²) in [6, 6.07) is 17.6. The quantitative estimate of drug-likeness (QED) is 0.720. The van der Waals surface area contributed by atoms with Crippen molar-refractivity contribution >= 4 is 0 Å². The van der Waals surface area contributed by atoms with Crippen LogP contribution in [0.25, 0.3) is 0 Å². The number of hydrogen-bond acceptors (Lipinski definition) is 4. The van der Waals surface area contributed by atoms with Crippen LogP contribution < -0.4 is 4.74 Å². The third kappa shape index (κ3) is 3.04. The lowest BCUT2D eigenvalue weighted by molar-refractivity contribution is -0.176. The molecule has 1 saturated heterocycles. The molecule has 24 heavy (non-hydrogen) atoms. The molecule has 5 nitrogen and oxygen atoms in total. The van der Waals surface area contributed by atoms with Gasteiger partial charge in [0.15, 0.2) is 0 Å². The molecule has 0 bridgehead atoms. The van der Waals surface area contributed by atoms with Gasteiger partial charge in [-0.1, -0.05) is 18.2 Å². The van der Waals surface area contributed by atoms with E-state index in [4.69, 9.17) is 14.2 Å². The van der Waals surface area contributed by atoms with Gasteiger partial charge < -0.3 is 18.8 Å². The lowest BCUT2D eigenvalue weighted by Gasteiger charge is -2.28. The van der Waals surface area contributed by atoms with Crippen LogP contribution in [0.2, 0.25) is 0 Å². The number of imidazole rings is 1. The normalized spacial score (nSPS) is 16.2. The first kappa shape index (κ1) is 14.9. The second-order valence-electron chi connectivity index (χ2n) is 5.62. The minimum Gasteiger partial charge on any atom is -0.457 e. The Labute approximate surface area is 140 Å². The monoisotopic (exact) mass is 322 g/mol. The molecule has 0 atom stereocenters. The molecule has 122 valence electrons. The van der Waals surface area contributed by atoms with E-state index in [-0.39, 0.29) is 0 Å². The summed E-state index contributed by atoms with van der Waals surface area (Å²) in [7, 11) is 0. The van der Waals surface area contributed by atoms with Gasteiger partial charge in [-0.2, -0.15) is 0 Å². The molecule has 0 aliphatic carbocycles. The maximum absolute atomic E-state index is 5.95. The van der Waals surface area contributed by atoms with E-state index in [0.29, 0.717) is 19.8 Å². The van der Waals surface area contributed by atoms with Crippen molar-refractivity contribution in [2.75, 3.05) is 13.2 Å². The Kier molecular flexibility index (Phi) is 4.02. The lowest BCUT2D eigenvalue weighted by Crippen LogP contribution is -2.32. The zero-order valence-electron chi connectivity index (χ0n) is 13.2. The fourth-order valence-corrected chi connectivity index (χ4v) is 2.83. The first-order valence-electron chi connectivity index (χ1n) is 7.91. The Morgan fingerprint density at radius 2 is 1.67 bits per heavy atom. The van der Waals surface area contributed by atoms with Gasteiger partial charge in [-0.25, -0.2) is 4.98 Å². The number of ether oxygens (including phenoxy) is 3. The van der Waals surface area contributed by atoms with Crippen LogP contribution in [-0.4, -0.2) is 22.8 Å². The van der Waals surface area contributed by atoms with Crippen molar-refractivity contribution in [1.82, 2.24) is 9.55 Å². The number of aromatic nitrogens is 2. The standard InChI is InChI=1S/C19H18N2O3/c1-2-4-17(5-3-1)24-18-8-6-16(7-9-18)19(22-12-13-23-19)14-21-11-10-20-15-21/h1-11,15H,12-14H2. The fraction of sp³-hybridized carbons (Fsp3) is 0.211. The maximum Gasteiger partial charge on any atom is 0.213 e. The number of nitrogens with zero attached hydrogens (tertiary/aromatic N) is 2. The van der Waals surface area contributed by atoms with Gasteiger partial charge in [0.05, 0.1) is 26.1 Å². The van der Waals surface area contributed by atoms with E-state index in [1.165, 1.54) is 0 Å². The van der Waals surface area contributed by atoms with E-state index in [1.807, 2.05) is 65.4 Å². The molecule has 0 saturated carbocycles. The van der Waals surface area contributed by atoms with Crippen molar-refractivity contribution in [1.29, 1.82) is 0 Å². The largest absolute Gasteiger partial charge is 0.457 e. The SMILES string of the molecule is c1ccc(Oc2ccc(C3(Cn4ccnc4)OCCO3)cc2)cc1. The summed E-state index contributed by atoms with van der Waals surface area (Å²) < 4.78 is 19.7. The number of hydrogen-bond donors (Lipinski definition) is 0. The maximum atomic E-state index is 5.95. The molecular formula is C19H18N2O3. The average molecular weight is 322 g/mol. The highest BCUT2D eigenvalue weighted by Gasteiger charge is 2.39. The molecule has 0 N–H and O–H groups in total. The second kappa shape index (κ2) is 6.47. The Morgan fingerprint density at radius 1 is 0.958 bits per heavy atom. The summed E-state index contributed by atoms with van der Waals surface area (Å²) in [5.74, 6) is 0.818. The highest BCUT2D eigenvalue weighted by molar-refractivity contribution is 5.34. The van der Waals surface area contributed by atoms with Crippen LogP contribution in [0.4, 0.5) is 0 Å². The lowest BCUT2D eigenvalue weighted by atomic mass is 10.1. The molecule has 3 aromatic rings. The van der Waals surface area contributed by atoms with Gasteiger partial charge in [0.2, 0.25) is 5.79 Å². The van der Waals surface area contributed by atoms with Crippen molar-refractivity contribution < 1.29 is 14.2 Å². The molecule has 1 fully saturated rings. The van der Waals surface area contributed by atoms with Gasteiger partial charge in [-0.05, 0) is 36.4 Å². The molecule has 0 radical (unpaired) electrons. The van der Waals surface area contributed by atoms with Crippen molar-refractivity contribution in [3.05, 3.63) is 78.9 Å². The third-order valence-corrected chi connectivity index (χ3v) is 3.98. The van der Waals surface area contributed by atoms with Crippen LogP contribution in [0.3, 0.4) is 0 Å². The molecule has 2 aromatic carbocycles. The fourth-order valence-electron chi connectivity index (χ4n) is 2.83. The van der Waals surface area contributed by atoms with Gasteiger partial charge in [0.25, 0.3) is 0 Å². The van der Waals surface area contributed by atoms with E-state index in [0.717, 1.165) is 17.1 Å². The Bertz CT molecular complexity index is 764. The van der Waals surface area contributed by atoms with Crippen LogP contribution >= 0.6 is 0 Å².